The summed E-state index contributed by atoms with van der Waals surface area (Å²) in [6.07, 6.45) is 3.17. The van der Waals surface area contributed by atoms with E-state index < -0.39 is 5.60 Å². The molecule has 0 saturated heterocycles. The minimum Gasteiger partial charge on any atom is -0.444 e. The molecule has 4 aromatic rings. The molecule has 1 aromatic carbocycles. The maximum absolute atomic E-state index is 12.7. The molecule has 2 N–H and O–H groups in total. The topological polar surface area (TPSA) is 108 Å². The van der Waals surface area contributed by atoms with Crippen molar-refractivity contribution in [2.24, 2.45) is 7.05 Å². The van der Waals surface area contributed by atoms with Gasteiger partial charge in [0.25, 0.3) is 0 Å². The third-order valence-corrected chi connectivity index (χ3v) is 6.10. The lowest BCUT2D eigenvalue weighted by atomic mass is 9.99. The highest BCUT2D eigenvalue weighted by Gasteiger charge is 2.30. The first-order valence-electron chi connectivity index (χ1n) is 12.1. The Kier molecular flexibility index (Phi) is 6.07. The molecule has 1 amide bonds. The predicted molar refractivity (Wildman–Crippen MR) is 143 cm³/mol. The highest BCUT2D eigenvalue weighted by Crippen LogP contribution is 2.41. The minimum absolute atomic E-state index is 0.343. The molecule has 0 bridgehead atoms. The summed E-state index contributed by atoms with van der Waals surface area (Å²) in [6.45, 7) is 8.39. The van der Waals surface area contributed by atoms with E-state index in [1.54, 1.807) is 4.90 Å². The smallest absolute Gasteiger partial charge is 0.410 e. The van der Waals surface area contributed by atoms with Crippen molar-refractivity contribution in [1.29, 1.82) is 0 Å². The Morgan fingerprint density at radius 3 is 2.54 bits per heavy atom. The second-order valence-electron chi connectivity index (χ2n) is 10.1. The van der Waals surface area contributed by atoms with Crippen LogP contribution < -0.4 is 10.5 Å². The molecule has 1 aliphatic heterocycles. The molecule has 0 saturated carbocycles. The molecule has 0 spiro atoms. The van der Waals surface area contributed by atoms with Gasteiger partial charge in [0.05, 0.1) is 17.6 Å². The number of hydrogen-bond acceptors (Lipinski definition) is 7. The normalized spacial score (nSPS) is 13.6. The quantitative estimate of drug-likeness (QED) is 0.404. The van der Waals surface area contributed by atoms with Crippen LogP contribution in [-0.4, -0.2) is 49.2 Å². The minimum atomic E-state index is -0.563. The first-order chi connectivity index (χ1) is 17.6. The lowest BCUT2D eigenvalue weighted by Crippen LogP contribution is -2.35. The summed E-state index contributed by atoms with van der Waals surface area (Å²) < 4.78 is 13.5. The zero-order valence-electron chi connectivity index (χ0n) is 21.6. The molecule has 0 radical (unpaired) electrons. The zero-order chi connectivity index (χ0) is 26.3. The summed E-state index contributed by atoms with van der Waals surface area (Å²) in [4.78, 5) is 27.6. The van der Waals surface area contributed by atoms with Crippen molar-refractivity contribution in [1.82, 2.24) is 24.4 Å². The van der Waals surface area contributed by atoms with Crippen molar-refractivity contribution in [3.63, 3.8) is 0 Å². The SMILES string of the molecule is Cc1cccc(Oc2ccc(-c3c(C4=CCN(C(=O)OC(C)(C)C)C4)n(C)c4ncnc(N)c34)cc2)n1. The Labute approximate surface area is 215 Å². The molecule has 5 rings (SSSR count). The number of anilines is 1. The molecule has 0 fully saturated rings. The fourth-order valence-corrected chi connectivity index (χ4v) is 4.51. The molecule has 9 heteroatoms. The molecule has 37 heavy (non-hydrogen) atoms. The number of carbonyl (C=O) groups excluding carboxylic acids is 1. The van der Waals surface area contributed by atoms with Crippen LogP contribution in [0, 0.1) is 6.92 Å². The van der Waals surface area contributed by atoms with Crippen LogP contribution in [-0.2, 0) is 11.8 Å². The van der Waals surface area contributed by atoms with Gasteiger partial charge in [0.15, 0.2) is 0 Å². The van der Waals surface area contributed by atoms with Gasteiger partial charge in [0, 0.05) is 30.9 Å². The van der Waals surface area contributed by atoms with Crippen LogP contribution in [0.2, 0.25) is 0 Å². The van der Waals surface area contributed by atoms with E-state index in [0.717, 1.165) is 39.1 Å². The second kappa shape index (κ2) is 9.24. The van der Waals surface area contributed by atoms with E-state index in [9.17, 15) is 4.79 Å². The van der Waals surface area contributed by atoms with Crippen LogP contribution in [0.5, 0.6) is 11.6 Å². The number of fused-ring (bicyclic) bond motifs is 1. The maximum atomic E-state index is 12.7. The monoisotopic (exact) mass is 498 g/mol. The average molecular weight is 499 g/mol. The number of pyridine rings is 1. The predicted octanol–water partition coefficient (Wildman–Crippen LogP) is 5.35. The summed E-state index contributed by atoms with van der Waals surface area (Å²) in [7, 11) is 1.95. The van der Waals surface area contributed by atoms with Gasteiger partial charge in [0.1, 0.15) is 29.1 Å². The fraction of sp³-hybridized carbons (Fsp3) is 0.286. The fourth-order valence-electron chi connectivity index (χ4n) is 4.51. The summed E-state index contributed by atoms with van der Waals surface area (Å²) in [5, 5.41) is 0.769. The number of nitrogen functional groups attached to an aromatic ring is 1. The number of hydrogen-bond donors (Lipinski definition) is 1. The Hall–Kier alpha value is -4.40. The number of nitrogens with zero attached hydrogens (tertiary/aromatic N) is 5. The third kappa shape index (κ3) is 4.84. The van der Waals surface area contributed by atoms with Crippen LogP contribution in [0.15, 0.2) is 54.9 Å². The number of rotatable bonds is 4. The number of aromatic nitrogens is 4. The summed E-state index contributed by atoms with van der Waals surface area (Å²) in [5.41, 5.74) is 11.2. The molecule has 0 atom stereocenters. The van der Waals surface area contributed by atoms with Gasteiger partial charge in [-0.3, -0.25) is 0 Å². The van der Waals surface area contributed by atoms with Crippen molar-refractivity contribution >= 4 is 28.5 Å². The van der Waals surface area contributed by atoms with Gasteiger partial charge < -0.3 is 24.7 Å². The first kappa shape index (κ1) is 24.3. The van der Waals surface area contributed by atoms with E-state index in [1.807, 2.05) is 87.9 Å². The Morgan fingerprint density at radius 1 is 1.08 bits per heavy atom. The highest BCUT2D eigenvalue weighted by atomic mass is 16.6. The second-order valence-corrected chi connectivity index (χ2v) is 10.1. The Balaban J connectivity index is 1.52. The Morgan fingerprint density at radius 2 is 1.84 bits per heavy atom. The van der Waals surface area contributed by atoms with Gasteiger partial charge in [-0.15, -0.1) is 0 Å². The number of ether oxygens (including phenoxy) is 2. The number of benzene rings is 1. The van der Waals surface area contributed by atoms with Crippen LogP contribution in [0.4, 0.5) is 10.6 Å². The molecule has 0 unspecified atom stereocenters. The van der Waals surface area contributed by atoms with Crippen molar-refractivity contribution < 1.29 is 14.3 Å². The van der Waals surface area contributed by atoms with Gasteiger partial charge in [-0.25, -0.2) is 19.7 Å². The standard InChI is InChI=1S/C28H30N6O3/c1-17-7-6-8-21(32-17)36-20-11-9-18(10-12-20)22-23-25(29)30-16-31-26(23)33(5)24(22)19-13-14-34(15-19)27(35)37-28(2,3)4/h6-13,16H,14-15H2,1-5H3,(H2,29,30,31). The van der Waals surface area contributed by atoms with Crippen molar-refractivity contribution in [3.05, 3.63) is 66.3 Å². The average Bonchev–Trinajstić information content (AvgIpc) is 3.43. The molecule has 4 heterocycles. The van der Waals surface area contributed by atoms with Gasteiger partial charge in [-0.05, 0) is 57.0 Å². The molecule has 9 nitrogen and oxygen atoms in total. The first-order valence-corrected chi connectivity index (χ1v) is 12.1. The van der Waals surface area contributed by atoms with Crippen molar-refractivity contribution in [2.75, 3.05) is 18.8 Å². The van der Waals surface area contributed by atoms with Crippen LogP contribution in [0.3, 0.4) is 0 Å². The van der Waals surface area contributed by atoms with Gasteiger partial charge >= 0.3 is 6.09 Å². The lowest BCUT2D eigenvalue weighted by molar-refractivity contribution is 0.0306. The summed E-state index contributed by atoms with van der Waals surface area (Å²) >= 11 is 0. The highest BCUT2D eigenvalue weighted by molar-refractivity contribution is 6.06. The van der Waals surface area contributed by atoms with E-state index in [0.29, 0.717) is 30.5 Å². The summed E-state index contributed by atoms with van der Waals surface area (Å²) in [6, 6.07) is 13.4. The van der Waals surface area contributed by atoms with Crippen molar-refractivity contribution in [3.8, 4) is 22.8 Å². The molecule has 190 valence electrons. The number of carbonyl (C=O) groups is 1. The number of amides is 1. The van der Waals surface area contributed by atoms with Gasteiger partial charge in [-0.1, -0.05) is 24.3 Å². The number of aryl methyl sites for hydroxylation is 2. The van der Waals surface area contributed by atoms with E-state index in [4.69, 9.17) is 15.2 Å². The zero-order valence-corrected chi connectivity index (χ0v) is 21.6. The molecular weight excluding hydrogens is 468 g/mol. The Bertz CT molecular complexity index is 1520. The molecule has 0 aliphatic carbocycles. The van der Waals surface area contributed by atoms with Crippen LogP contribution in [0.1, 0.15) is 32.2 Å². The largest absolute Gasteiger partial charge is 0.444 e. The van der Waals surface area contributed by atoms with Crippen LogP contribution in [0.25, 0.3) is 27.7 Å². The van der Waals surface area contributed by atoms with E-state index in [2.05, 4.69) is 15.0 Å². The van der Waals surface area contributed by atoms with E-state index >= 15 is 0 Å². The van der Waals surface area contributed by atoms with Crippen LogP contribution >= 0.6 is 0 Å². The van der Waals surface area contributed by atoms with E-state index in [1.165, 1.54) is 6.33 Å². The molecule has 3 aromatic heterocycles. The van der Waals surface area contributed by atoms with Gasteiger partial charge in [0.2, 0.25) is 5.88 Å². The molecule has 1 aliphatic rings. The van der Waals surface area contributed by atoms with E-state index in [-0.39, 0.29) is 6.09 Å². The maximum Gasteiger partial charge on any atom is 0.410 e. The van der Waals surface area contributed by atoms with Gasteiger partial charge in [-0.2, -0.15) is 0 Å². The third-order valence-electron chi connectivity index (χ3n) is 6.10. The summed E-state index contributed by atoms with van der Waals surface area (Å²) in [5.74, 6) is 1.60. The lowest BCUT2D eigenvalue weighted by Gasteiger charge is -2.24. The molecular formula is C28H30N6O3. The van der Waals surface area contributed by atoms with Crippen molar-refractivity contribution in [2.45, 2.75) is 33.3 Å². The number of nitrogens with two attached hydrogens (primary N) is 1.